The molecule has 2 heterocycles. The van der Waals surface area contributed by atoms with E-state index in [1.54, 1.807) is 39.3 Å². The fraction of sp³-hybridized carbons (Fsp3) is 0.240. The Morgan fingerprint density at radius 1 is 0.735 bits per heavy atom. The van der Waals surface area contributed by atoms with Crippen LogP contribution in [-0.4, -0.2) is 54.3 Å². The average molecular weight is 465 g/mol. The molecule has 0 fully saturated rings. The highest BCUT2D eigenvalue weighted by atomic mass is 16.5. The Labute approximate surface area is 198 Å². The van der Waals surface area contributed by atoms with E-state index >= 15 is 0 Å². The van der Waals surface area contributed by atoms with Crippen LogP contribution < -0.4 is 9.47 Å². The van der Waals surface area contributed by atoms with Crippen LogP contribution in [0.15, 0.2) is 67.0 Å². The van der Waals surface area contributed by atoms with E-state index in [9.17, 15) is 4.79 Å². The fourth-order valence-corrected chi connectivity index (χ4v) is 3.10. The second-order valence-electron chi connectivity index (χ2n) is 7.11. The lowest BCUT2D eigenvalue weighted by Crippen LogP contribution is -1.97. The Hall–Kier alpha value is -3.95. The molecule has 2 aromatic heterocycles. The van der Waals surface area contributed by atoms with E-state index in [1.807, 2.05) is 65.5 Å². The predicted octanol–water partition coefficient (Wildman–Crippen LogP) is 3.87. The van der Waals surface area contributed by atoms with Crippen molar-refractivity contribution in [2.24, 2.45) is 0 Å². The van der Waals surface area contributed by atoms with E-state index in [4.69, 9.17) is 18.9 Å². The molecule has 9 nitrogen and oxygen atoms in total. The van der Waals surface area contributed by atoms with E-state index in [0.717, 1.165) is 34.9 Å². The molecule has 4 rings (SSSR count). The standard InChI is InChI=1S/C13H14N2O3.C12H14N2O2/c1-17-9-13-10(8-16)7-15(14-13)11-3-5-12(18-2)6-4-11;1-15-9-10-7-8-14(13-10)11-3-5-12(16-2)6-4-11/h3-8H,9H2,1-2H3;3-8H,9H2,1-2H3. The van der Waals surface area contributed by atoms with Gasteiger partial charge in [0.15, 0.2) is 6.29 Å². The maximum Gasteiger partial charge on any atom is 0.153 e. The van der Waals surface area contributed by atoms with Gasteiger partial charge in [0.1, 0.15) is 11.5 Å². The number of methoxy groups -OCH3 is 4. The molecule has 34 heavy (non-hydrogen) atoms. The number of aldehydes is 1. The monoisotopic (exact) mass is 464 g/mol. The van der Waals surface area contributed by atoms with Crippen molar-refractivity contribution < 1.29 is 23.7 Å². The van der Waals surface area contributed by atoms with Crippen LogP contribution in [-0.2, 0) is 22.7 Å². The Morgan fingerprint density at radius 2 is 1.29 bits per heavy atom. The molecule has 9 heteroatoms. The molecule has 0 spiro atoms. The molecule has 0 saturated carbocycles. The van der Waals surface area contributed by atoms with Crippen LogP contribution in [0, 0.1) is 0 Å². The molecule has 0 saturated heterocycles. The van der Waals surface area contributed by atoms with Crippen molar-refractivity contribution in [3.8, 4) is 22.9 Å². The zero-order valence-electron chi connectivity index (χ0n) is 19.7. The molecule has 4 aromatic rings. The summed E-state index contributed by atoms with van der Waals surface area (Å²) in [5, 5.41) is 8.69. The Balaban J connectivity index is 0.000000192. The minimum Gasteiger partial charge on any atom is -0.497 e. The molecular formula is C25H28N4O5. The second kappa shape index (κ2) is 12.3. The molecule has 0 amide bonds. The number of benzene rings is 2. The number of rotatable bonds is 9. The summed E-state index contributed by atoms with van der Waals surface area (Å²) in [7, 11) is 6.50. The van der Waals surface area contributed by atoms with Crippen molar-refractivity contribution in [2.75, 3.05) is 28.4 Å². The number of ether oxygens (including phenoxy) is 4. The first-order chi connectivity index (χ1) is 16.6. The number of carbonyl (C=O) groups is 1. The molecule has 0 atom stereocenters. The third-order valence-corrected chi connectivity index (χ3v) is 4.84. The van der Waals surface area contributed by atoms with Crippen LogP contribution in [0.1, 0.15) is 21.7 Å². The van der Waals surface area contributed by atoms with Crippen molar-refractivity contribution in [3.63, 3.8) is 0 Å². The van der Waals surface area contributed by atoms with Gasteiger partial charge < -0.3 is 18.9 Å². The highest BCUT2D eigenvalue weighted by Gasteiger charge is 2.09. The summed E-state index contributed by atoms with van der Waals surface area (Å²) < 4.78 is 23.7. The zero-order chi connectivity index (χ0) is 24.3. The number of aromatic nitrogens is 4. The molecule has 0 unspecified atom stereocenters. The van der Waals surface area contributed by atoms with E-state index in [0.29, 0.717) is 24.5 Å². The van der Waals surface area contributed by atoms with Crippen LogP contribution in [0.4, 0.5) is 0 Å². The Kier molecular flexibility index (Phi) is 8.96. The molecule has 0 aliphatic heterocycles. The van der Waals surface area contributed by atoms with Gasteiger partial charge in [-0.1, -0.05) is 0 Å². The lowest BCUT2D eigenvalue weighted by atomic mass is 10.3. The van der Waals surface area contributed by atoms with Gasteiger partial charge >= 0.3 is 0 Å². The minimum atomic E-state index is 0.317. The molecule has 0 radical (unpaired) electrons. The normalized spacial score (nSPS) is 10.4. The predicted molar refractivity (Wildman–Crippen MR) is 127 cm³/mol. The maximum atomic E-state index is 10.9. The van der Waals surface area contributed by atoms with Crippen molar-refractivity contribution in [1.29, 1.82) is 0 Å². The lowest BCUT2D eigenvalue weighted by Gasteiger charge is -2.03. The topological polar surface area (TPSA) is 89.6 Å². The van der Waals surface area contributed by atoms with Crippen LogP contribution in [0.3, 0.4) is 0 Å². The largest absolute Gasteiger partial charge is 0.497 e. The van der Waals surface area contributed by atoms with Crippen LogP contribution in [0.25, 0.3) is 11.4 Å². The summed E-state index contributed by atoms with van der Waals surface area (Å²) in [6.45, 7) is 0.848. The van der Waals surface area contributed by atoms with Gasteiger partial charge in [0.25, 0.3) is 0 Å². The molecule has 0 N–H and O–H groups in total. The zero-order valence-corrected chi connectivity index (χ0v) is 19.7. The van der Waals surface area contributed by atoms with Crippen molar-refractivity contribution in [2.45, 2.75) is 13.2 Å². The van der Waals surface area contributed by atoms with Gasteiger partial charge in [0.2, 0.25) is 0 Å². The Bertz CT molecular complexity index is 1170. The third-order valence-electron chi connectivity index (χ3n) is 4.84. The SMILES string of the molecule is COCc1ccn(-c2ccc(OC)cc2)n1.COCc1nn(-c2ccc(OC)cc2)cc1C=O. The van der Waals surface area contributed by atoms with Crippen molar-refractivity contribution in [3.05, 3.63) is 83.9 Å². The summed E-state index contributed by atoms with van der Waals surface area (Å²) in [5.41, 5.74) is 3.94. The summed E-state index contributed by atoms with van der Waals surface area (Å²) in [4.78, 5) is 10.9. The van der Waals surface area contributed by atoms with E-state index in [2.05, 4.69) is 10.2 Å². The quantitative estimate of drug-likeness (QED) is 0.347. The Morgan fingerprint density at radius 3 is 1.79 bits per heavy atom. The van der Waals surface area contributed by atoms with Gasteiger partial charge in [-0.25, -0.2) is 9.36 Å². The van der Waals surface area contributed by atoms with Crippen LogP contribution in [0.5, 0.6) is 11.5 Å². The number of nitrogens with zero attached hydrogens (tertiary/aromatic N) is 4. The molecule has 0 bridgehead atoms. The first-order valence-corrected chi connectivity index (χ1v) is 10.5. The van der Waals surface area contributed by atoms with Gasteiger partial charge in [-0.3, -0.25) is 4.79 Å². The fourth-order valence-electron chi connectivity index (χ4n) is 3.10. The average Bonchev–Trinajstić information content (AvgIpc) is 3.52. The van der Waals surface area contributed by atoms with Gasteiger partial charge in [0, 0.05) is 26.6 Å². The minimum absolute atomic E-state index is 0.317. The van der Waals surface area contributed by atoms with Gasteiger partial charge in [-0.2, -0.15) is 10.2 Å². The maximum absolute atomic E-state index is 10.9. The second-order valence-corrected chi connectivity index (χ2v) is 7.11. The van der Waals surface area contributed by atoms with E-state index in [1.165, 1.54) is 0 Å². The molecule has 0 aliphatic carbocycles. The molecule has 178 valence electrons. The van der Waals surface area contributed by atoms with Crippen molar-refractivity contribution in [1.82, 2.24) is 19.6 Å². The smallest absolute Gasteiger partial charge is 0.153 e. The number of hydrogen-bond acceptors (Lipinski definition) is 7. The number of carbonyl (C=O) groups excluding carboxylic acids is 1. The van der Waals surface area contributed by atoms with Gasteiger partial charge in [-0.15, -0.1) is 0 Å². The molecule has 2 aromatic carbocycles. The highest BCUT2D eigenvalue weighted by Crippen LogP contribution is 2.17. The molecular weight excluding hydrogens is 436 g/mol. The summed E-state index contributed by atoms with van der Waals surface area (Å²) in [6.07, 6.45) is 4.38. The van der Waals surface area contributed by atoms with Crippen molar-refractivity contribution >= 4 is 6.29 Å². The van der Waals surface area contributed by atoms with Gasteiger partial charge in [-0.05, 0) is 54.6 Å². The van der Waals surface area contributed by atoms with E-state index < -0.39 is 0 Å². The molecule has 0 aliphatic rings. The third kappa shape index (κ3) is 6.31. The first-order valence-electron chi connectivity index (χ1n) is 10.5. The van der Waals surface area contributed by atoms with Gasteiger partial charge in [0.05, 0.1) is 55.8 Å². The first kappa shape index (κ1) is 24.7. The summed E-state index contributed by atoms with van der Waals surface area (Å²) in [5.74, 6) is 1.62. The highest BCUT2D eigenvalue weighted by molar-refractivity contribution is 5.76. The summed E-state index contributed by atoms with van der Waals surface area (Å²) >= 11 is 0. The lowest BCUT2D eigenvalue weighted by molar-refractivity contribution is 0.111. The van der Waals surface area contributed by atoms with Crippen LogP contribution in [0.2, 0.25) is 0 Å². The van der Waals surface area contributed by atoms with Crippen LogP contribution >= 0.6 is 0 Å². The summed E-state index contributed by atoms with van der Waals surface area (Å²) in [6, 6.07) is 17.1. The van der Waals surface area contributed by atoms with E-state index in [-0.39, 0.29) is 0 Å². The number of hydrogen-bond donors (Lipinski definition) is 0.